The minimum absolute atomic E-state index is 0.0660. The van der Waals surface area contributed by atoms with Gasteiger partial charge < -0.3 is 14.2 Å². The average molecular weight is 607 g/mol. The number of hydrogen-bond acceptors (Lipinski definition) is 6. The quantitative estimate of drug-likeness (QED) is 0.0970. The molecule has 1 aliphatic rings. The van der Waals surface area contributed by atoms with Crippen LogP contribution in [0.15, 0.2) is 30.3 Å². The molecule has 1 fully saturated rings. The third kappa shape index (κ3) is 12.7. The zero-order chi connectivity index (χ0) is 30.5. The number of rotatable bonds is 15. The number of benzene rings is 1. The predicted molar refractivity (Wildman–Crippen MR) is 169 cm³/mol. The lowest BCUT2D eigenvalue weighted by Gasteiger charge is -2.40. The summed E-state index contributed by atoms with van der Waals surface area (Å²) in [6.07, 6.45) is 5.99. The number of nitrogens with one attached hydrogen (secondary N) is 1. The molecule has 41 heavy (non-hydrogen) atoms. The highest BCUT2D eigenvalue weighted by molar-refractivity contribution is 6.76. The van der Waals surface area contributed by atoms with Gasteiger partial charge in [-0.05, 0) is 30.0 Å². The molecule has 0 spiro atoms. The minimum atomic E-state index is -1.84. The van der Waals surface area contributed by atoms with Crippen LogP contribution in [-0.4, -0.2) is 58.1 Å². The number of carbonyl (C=O) groups excluding carboxylic acids is 3. The Balaban J connectivity index is 2.35. The standard InChI is InChI=1S/C31H54N2O6Si2/c1-8-31(29(35)37-21-23-40(2,3)4,39-25-27-17-13-10-14-18-27)33(32-30(36)38-22-24-41(5,6)7)28(34)20-19-26-15-11-9-12-16-26/h10,13-14,17-18,26H,8-9,11-12,15-16,19-25H2,1-7H3,(H,32,36)/t31-/m1/s1. The molecule has 0 aromatic heterocycles. The van der Waals surface area contributed by atoms with E-state index in [1.165, 1.54) is 19.3 Å². The summed E-state index contributed by atoms with van der Waals surface area (Å²) in [7, 11) is -2.93. The zero-order valence-corrected chi connectivity index (χ0v) is 28.6. The van der Waals surface area contributed by atoms with E-state index in [1.807, 2.05) is 30.3 Å². The predicted octanol–water partition coefficient (Wildman–Crippen LogP) is 7.36. The lowest BCUT2D eigenvalue weighted by molar-refractivity contribution is -0.217. The van der Waals surface area contributed by atoms with Crippen LogP contribution < -0.4 is 5.43 Å². The van der Waals surface area contributed by atoms with Crippen molar-refractivity contribution in [1.82, 2.24) is 10.4 Å². The second kappa shape index (κ2) is 16.5. The summed E-state index contributed by atoms with van der Waals surface area (Å²) in [6.45, 7) is 15.5. The topological polar surface area (TPSA) is 94.2 Å². The van der Waals surface area contributed by atoms with Crippen LogP contribution in [0.2, 0.25) is 51.4 Å². The van der Waals surface area contributed by atoms with E-state index < -0.39 is 33.9 Å². The molecule has 1 aromatic carbocycles. The summed E-state index contributed by atoms with van der Waals surface area (Å²) in [5, 5.41) is 1.08. The first-order chi connectivity index (χ1) is 19.3. The van der Waals surface area contributed by atoms with Gasteiger partial charge in [-0.3, -0.25) is 4.79 Å². The summed E-state index contributed by atoms with van der Waals surface area (Å²) < 4.78 is 17.6. The monoisotopic (exact) mass is 606 g/mol. The fourth-order valence-corrected chi connectivity index (χ4v) is 6.23. The van der Waals surface area contributed by atoms with Crippen LogP contribution in [0.25, 0.3) is 0 Å². The molecule has 1 aromatic rings. The first kappa shape index (κ1) is 35.0. The summed E-state index contributed by atoms with van der Waals surface area (Å²) in [5.41, 5.74) is 1.63. The van der Waals surface area contributed by atoms with Gasteiger partial charge in [-0.25, -0.2) is 20.0 Å². The highest BCUT2D eigenvalue weighted by atomic mass is 28.3. The fourth-order valence-electron chi connectivity index (χ4n) is 4.80. The Bertz CT molecular complexity index is 958. The molecule has 8 nitrogen and oxygen atoms in total. The van der Waals surface area contributed by atoms with Gasteiger partial charge in [0, 0.05) is 29.0 Å². The van der Waals surface area contributed by atoms with Crippen molar-refractivity contribution in [3.05, 3.63) is 35.9 Å². The zero-order valence-electron chi connectivity index (χ0n) is 26.6. The molecule has 1 N–H and O–H groups in total. The highest BCUT2D eigenvalue weighted by Crippen LogP contribution is 2.30. The van der Waals surface area contributed by atoms with Gasteiger partial charge in [0.25, 0.3) is 5.72 Å². The van der Waals surface area contributed by atoms with Crippen molar-refractivity contribution in [2.45, 2.75) is 122 Å². The summed E-state index contributed by atoms with van der Waals surface area (Å²) in [5.74, 6) is -0.597. The molecule has 0 bridgehead atoms. The maximum atomic E-state index is 13.9. The Morgan fingerprint density at radius 3 is 2.05 bits per heavy atom. The molecule has 1 atom stereocenters. The summed E-state index contributed by atoms with van der Waals surface area (Å²) >= 11 is 0. The van der Waals surface area contributed by atoms with E-state index >= 15 is 0 Å². The van der Waals surface area contributed by atoms with Gasteiger partial charge in [0.2, 0.25) is 5.91 Å². The molecule has 0 aliphatic heterocycles. The van der Waals surface area contributed by atoms with Crippen LogP contribution in [0.3, 0.4) is 0 Å². The van der Waals surface area contributed by atoms with Crippen molar-refractivity contribution < 1.29 is 28.6 Å². The Morgan fingerprint density at radius 1 is 0.902 bits per heavy atom. The van der Waals surface area contributed by atoms with Crippen molar-refractivity contribution >= 4 is 34.1 Å². The average Bonchev–Trinajstić information content (AvgIpc) is 2.91. The fraction of sp³-hybridized carbons (Fsp3) is 0.710. The van der Waals surface area contributed by atoms with Gasteiger partial charge in [0.1, 0.15) is 0 Å². The van der Waals surface area contributed by atoms with Gasteiger partial charge in [-0.15, -0.1) is 0 Å². The maximum absolute atomic E-state index is 13.9. The molecule has 1 aliphatic carbocycles. The molecule has 2 rings (SSSR count). The normalized spacial score (nSPS) is 16.0. The number of hydrogen-bond donors (Lipinski definition) is 1. The Kier molecular flexibility index (Phi) is 14.1. The molecule has 2 amide bonds. The molecule has 0 unspecified atom stereocenters. The van der Waals surface area contributed by atoms with Crippen LogP contribution >= 0.6 is 0 Å². The Morgan fingerprint density at radius 2 is 1.49 bits per heavy atom. The van der Waals surface area contributed by atoms with E-state index in [9.17, 15) is 14.4 Å². The highest BCUT2D eigenvalue weighted by Gasteiger charge is 2.49. The number of nitrogens with zero attached hydrogens (tertiary/aromatic N) is 1. The summed E-state index contributed by atoms with van der Waals surface area (Å²) in [6, 6.07) is 11.0. The third-order valence-corrected chi connectivity index (χ3v) is 11.0. The van der Waals surface area contributed by atoms with Crippen molar-refractivity contribution in [3.8, 4) is 0 Å². The molecule has 10 heteroatoms. The number of hydrazine groups is 1. The summed E-state index contributed by atoms with van der Waals surface area (Å²) in [4.78, 5) is 40.8. The Labute approximate surface area is 249 Å². The van der Waals surface area contributed by atoms with Gasteiger partial charge in [-0.1, -0.05) is 109 Å². The van der Waals surface area contributed by atoms with E-state index in [0.717, 1.165) is 35.5 Å². The number of esters is 1. The van der Waals surface area contributed by atoms with E-state index in [-0.39, 0.29) is 38.6 Å². The second-order valence-corrected chi connectivity index (χ2v) is 24.9. The molecule has 0 radical (unpaired) electrons. The number of ether oxygens (including phenoxy) is 3. The van der Waals surface area contributed by atoms with E-state index in [1.54, 1.807) is 6.92 Å². The SMILES string of the molecule is CC[C@@](OCc1ccccc1)(C(=O)OCC[Si](C)(C)C)N(NC(=O)OCC[Si](C)(C)C)C(=O)CCC1CCCCC1. The third-order valence-electron chi connectivity index (χ3n) is 7.59. The van der Waals surface area contributed by atoms with Gasteiger partial charge in [-0.2, -0.15) is 0 Å². The van der Waals surface area contributed by atoms with E-state index in [0.29, 0.717) is 12.3 Å². The first-order valence-electron chi connectivity index (χ1n) is 15.4. The second-order valence-electron chi connectivity index (χ2n) is 13.7. The van der Waals surface area contributed by atoms with Gasteiger partial charge >= 0.3 is 12.1 Å². The van der Waals surface area contributed by atoms with Crippen LogP contribution in [0, 0.1) is 5.92 Å². The van der Waals surface area contributed by atoms with Crippen molar-refractivity contribution in [1.29, 1.82) is 0 Å². The number of amides is 2. The number of carbonyl (C=O) groups is 3. The smallest absolute Gasteiger partial charge is 0.426 e. The first-order valence-corrected chi connectivity index (χ1v) is 22.8. The molecular weight excluding hydrogens is 553 g/mol. The molecule has 232 valence electrons. The maximum Gasteiger partial charge on any atom is 0.426 e. The minimum Gasteiger partial charge on any atom is -0.462 e. The molecule has 0 heterocycles. The Hall–Kier alpha value is -2.18. The van der Waals surface area contributed by atoms with Crippen molar-refractivity contribution in [2.75, 3.05) is 13.2 Å². The van der Waals surface area contributed by atoms with Gasteiger partial charge in [0.15, 0.2) is 0 Å². The van der Waals surface area contributed by atoms with E-state index in [4.69, 9.17) is 14.2 Å². The molecule has 1 saturated carbocycles. The lowest BCUT2D eigenvalue weighted by Crippen LogP contribution is -2.65. The lowest BCUT2D eigenvalue weighted by atomic mass is 9.86. The van der Waals surface area contributed by atoms with E-state index in [2.05, 4.69) is 44.7 Å². The largest absolute Gasteiger partial charge is 0.462 e. The van der Waals surface area contributed by atoms with Gasteiger partial charge in [0.05, 0.1) is 19.8 Å². The van der Waals surface area contributed by atoms with Crippen LogP contribution in [0.5, 0.6) is 0 Å². The molecule has 0 saturated heterocycles. The van der Waals surface area contributed by atoms with Crippen LogP contribution in [0.4, 0.5) is 4.79 Å². The molecular formula is C31H54N2O6Si2. The van der Waals surface area contributed by atoms with Crippen LogP contribution in [0.1, 0.15) is 63.9 Å². The van der Waals surface area contributed by atoms with Crippen LogP contribution in [-0.2, 0) is 30.4 Å². The van der Waals surface area contributed by atoms with Crippen molar-refractivity contribution in [2.24, 2.45) is 5.92 Å². The van der Waals surface area contributed by atoms with Crippen molar-refractivity contribution in [3.63, 3.8) is 0 Å².